The van der Waals surface area contributed by atoms with Crippen molar-refractivity contribution in [1.29, 1.82) is 0 Å². The van der Waals surface area contributed by atoms with Gasteiger partial charge in [0.1, 0.15) is 11.6 Å². The topological polar surface area (TPSA) is 38.1 Å². The summed E-state index contributed by atoms with van der Waals surface area (Å²) in [5, 5.41) is 10.4. The molecule has 1 N–H and O–H groups in total. The fourth-order valence-electron chi connectivity index (χ4n) is 2.62. The number of rotatable bonds is 2. The second-order valence-corrected chi connectivity index (χ2v) is 5.66. The fraction of sp³-hybridized carbons (Fsp3) is 0.188. The third-order valence-corrected chi connectivity index (χ3v) is 3.90. The van der Waals surface area contributed by atoms with Crippen molar-refractivity contribution in [3.63, 3.8) is 0 Å². The van der Waals surface area contributed by atoms with Crippen molar-refractivity contribution in [2.75, 3.05) is 0 Å². The minimum absolute atomic E-state index is 0.259. The molecule has 0 aliphatic heterocycles. The Bertz CT molecular complexity index is 805. The molecule has 1 aliphatic carbocycles. The third-order valence-electron chi connectivity index (χ3n) is 3.67. The van der Waals surface area contributed by atoms with Crippen molar-refractivity contribution < 1.29 is 5.11 Å². The second kappa shape index (κ2) is 4.25. The second-order valence-electron chi connectivity index (χ2n) is 5.22. The molecule has 0 saturated heterocycles. The molecule has 4 rings (SSSR count). The van der Waals surface area contributed by atoms with Gasteiger partial charge in [-0.2, -0.15) is 0 Å². The summed E-state index contributed by atoms with van der Waals surface area (Å²) in [7, 11) is 0. The van der Waals surface area contributed by atoms with Gasteiger partial charge in [0.2, 0.25) is 0 Å². The lowest BCUT2D eigenvalue weighted by Gasteiger charge is -2.07. The number of imidazole rings is 1. The summed E-state index contributed by atoms with van der Waals surface area (Å²) in [6.07, 6.45) is 2.36. The number of aromatic hydroxyl groups is 1. The number of phenols is 1. The highest BCUT2D eigenvalue weighted by Crippen LogP contribution is 2.41. The Morgan fingerprint density at radius 2 is 2.00 bits per heavy atom. The van der Waals surface area contributed by atoms with E-state index >= 15 is 0 Å². The van der Waals surface area contributed by atoms with E-state index in [4.69, 9.17) is 16.6 Å². The number of nitrogens with zero attached hydrogens (tertiary/aromatic N) is 2. The SMILES string of the molecule is Oc1cccc(-c2nc3cc(Cl)ccc3n2C2CC2)c1. The lowest BCUT2D eigenvalue weighted by Crippen LogP contribution is -1.97. The van der Waals surface area contributed by atoms with Crippen LogP contribution in [0.15, 0.2) is 42.5 Å². The first kappa shape index (κ1) is 11.8. The number of benzene rings is 2. The molecule has 0 atom stereocenters. The Balaban J connectivity index is 2.00. The zero-order valence-corrected chi connectivity index (χ0v) is 11.5. The summed E-state index contributed by atoms with van der Waals surface area (Å²) < 4.78 is 2.26. The first-order valence-electron chi connectivity index (χ1n) is 6.69. The zero-order chi connectivity index (χ0) is 13.7. The normalized spacial score (nSPS) is 14.8. The van der Waals surface area contributed by atoms with Crippen LogP contribution in [-0.2, 0) is 0 Å². The van der Waals surface area contributed by atoms with Crippen LogP contribution in [0.1, 0.15) is 18.9 Å². The predicted octanol–water partition coefficient (Wildman–Crippen LogP) is 4.40. The third kappa shape index (κ3) is 1.86. The average molecular weight is 285 g/mol. The number of aromatic nitrogens is 2. The van der Waals surface area contributed by atoms with Crippen LogP contribution in [0.25, 0.3) is 22.4 Å². The van der Waals surface area contributed by atoms with Crippen molar-refractivity contribution in [2.24, 2.45) is 0 Å². The number of hydrogen-bond donors (Lipinski definition) is 1. The maximum absolute atomic E-state index is 9.68. The van der Waals surface area contributed by atoms with Crippen LogP contribution in [0.3, 0.4) is 0 Å². The van der Waals surface area contributed by atoms with E-state index in [9.17, 15) is 5.11 Å². The summed E-state index contributed by atoms with van der Waals surface area (Å²) >= 11 is 6.06. The highest BCUT2D eigenvalue weighted by atomic mass is 35.5. The molecule has 4 heteroatoms. The van der Waals surface area contributed by atoms with E-state index in [0.29, 0.717) is 11.1 Å². The first-order valence-corrected chi connectivity index (χ1v) is 7.07. The highest BCUT2D eigenvalue weighted by molar-refractivity contribution is 6.31. The van der Waals surface area contributed by atoms with Crippen LogP contribution >= 0.6 is 11.6 Å². The molecule has 0 amide bonds. The molecule has 1 fully saturated rings. The van der Waals surface area contributed by atoms with E-state index in [1.165, 1.54) is 12.8 Å². The summed E-state index contributed by atoms with van der Waals surface area (Å²) in [5.41, 5.74) is 2.95. The number of halogens is 1. The maximum Gasteiger partial charge on any atom is 0.141 e. The molecular formula is C16H13ClN2O. The monoisotopic (exact) mass is 284 g/mol. The van der Waals surface area contributed by atoms with Crippen molar-refractivity contribution in [2.45, 2.75) is 18.9 Å². The van der Waals surface area contributed by atoms with Gasteiger partial charge in [-0.05, 0) is 43.2 Å². The Kier molecular flexibility index (Phi) is 2.51. The van der Waals surface area contributed by atoms with Gasteiger partial charge >= 0.3 is 0 Å². The Morgan fingerprint density at radius 1 is 1.15 bits per heavy atom. The van der Waals surface area contributed by atoms with Gasteiger partial charge in [-0.1, -0.05) is 23.7 Å². The summed E-state index contributed by atoms with van der Waals surface area (Å²) in [5.74, 6) is 1.16. The molecule has 1 aliphatic rings. The van der Waals surface area contributed by atoms with Crippen LogP contribution in [0, 0.1) is 0 Å². The van der Waals surface area contributed by atoms with E-state index in [1.54, 1.807) is 12.1 Å². The Morgan fingerprint density at radius 3 is 2.75 bits per heavy atom. The van der Waals surface area contributed by atoms with Gasteiger partial charge in [-0.15, -0.1) is 0 Å². The van der Waals surface area contributed by atoms with Gasteiger partial charge in [0.05, 0.1) is 11.0 Å². The van der Waals surface area contributed by atoms with Gasteiger partial charge in [-0.3, -0.25) is 0 Å². The fourth-order valence-corrected chi connectivity index (χ4v) is 2.79. The molecule has 0 bridgehead atoms. The molecule has 1 aromatic heterocycles. The molecule has 3 nitrogen and oxygen atoms in total. The number of fused-ring (bicyclic) bond motifs is 1. The van der Waals surface area contributed by atoms with E-state index < -0.39 is 0 Å². The Hall–Kier alpha value is -2.00. The lowest BCUT2D eigenvalue weighted by atomic mass is 10.2. The molecule has 0 unspecified atom stereocenters. The maximum atomic E-state index is 9.68. The molecule has 1 heterocycles. The minimum atomic E-state index is 0.259. The van der Waals surface area contributed by atoms with E-state index in [1.807, 2.05) is 30.3 Å². The van der Waals surface area contributed by atoms with E-state index in [0.717, 1.165) is 22.4 Å². The van der Waals surface area contributed by atoms with Crippen molar-refractivity contribution in [1.82, 2.24) is 9.55 Å². The first-order chi connectivity index (χ1) is 9.72. The molecule has 0 radical (unpaired) electrons. The smallest absolute Gasteiger partial charge is 0.141 e. The van der Waals surface area contributed by atoms with Crippen LogP contribution in [-0.4, -0.2) is 14.7 Å². The number of hydrogen-bond acceptors (Lipinski definition) is 2. The summed E-state index contributed by atoms with van der Waals surface area (Å²) in [6.45, 7) is 0. The van der Waals surface area contributed by atoms with E-state index in [2.05, 4.69) is 4.57 Å². The van der Waals surface area contributed by atoms with Gasteiger partial charge < -0.3 is 9.67 Å². The molecule has 20 heavy (non-hydrogen) atoms. The van der Waals surface area contributed by atoms with Gasteiger partial charge in [0.15, 0.2) is 0 Å². The standard InChI is InChI=1S/C16H13ClN2O/c17-11-4-7-15-14(9-11)18-16(19(15)12-5-6-12)10-2-1-3-13(20)8-10/h1-4,7-9,12,20H,5-6H2. The van der Waals surface area contributed by atoms with Crippen molar-refractivity contribution in [3.05, 3.63) is 47.5 Å². The van der Waals surface area contributed by atoms with Crippen LogP contribution in [0.5, 0.6) is 5.75 Å². The van der Waals surface area contributed by atoms with Gasteiger partial charge in [0, 0.05) is 16.6 Å². The predicted molar refractivity (Wildman–Crippen MR) is 80.1 cm³/mol. The van der Waals surface area contributed by atoms with Crippen molar-refractivity contribution in [3.8, 4) is 17.1 Å². The van der Waals surface area contributed by atoms with Gasteiger partial charge in [-0.25, -0.2) is 4.98 Å². The highest BCUT2D eigenvalue weighted by Gasteiger charge is 2.28. The zero-order valence-electron chi connectivity index (χ0n) is 10.8. The van der Waals surface area contributed by atoms with Gasteiger partial charge in [0.25, 0.3) is 0 Å². The summed E-state index contributed by atoms with van der Waals surface area (Å²) in [6, 6.07) is 13.6. The largest absolute Gasteiger partial charge is 0.508 e. The average Bonchev–Trinajstić information content (AvgIpc) is 3.19. The van der Waals surface area contributed by atoms with E-state index in [-0.39, 0.29) is 5.75 Å². The molecule has 1 saturated carbocycles. The minimum Gasteiger partial charge on any atom is -0.508 e. The molecular weight excluding hydrogens is 272 g/mol. The quantitative estimate of drug-likeness (QED) is 0.757. The molecule has 0 spiro atoms. The van der Waals surface area contributed by atoms with Crippen molar-refractivity contribution >= 4 is 22.6 Å². The molecule has 2 aromatic carbocycles. The van der Waals surface area contributed by atoms with Crippen LogP contribution in [0.4, 0.5) is 0 Å². The molecule has 100 valence electrons. The Labute approximate surface area is 121 Å². The summed E-state index contributed by atoms with van der Waals surface area (Å²) in [4.78, 5) is 4.71. The number of phenolic OH excluding ortho intramolecular Hbond substituents is 1. The van der Waals surface area contributed by atoms with Crippen LogP contribution in [0.2, 0.25) is 5.02 Å². The van der Waals surface area contributed by atoms with Crippen LogP contribution < -0.4 is 0 Å². The molecule has 3 aromatic rings. The lowest BCUT2D eigenvalue weighted by molar-refractivity contribution is 0.475.